The number of carbonyl (C=O) groups is 1. The predicted octanol–water partition coefficient (Wildman–Crippen LogP) is 1.75. The molecule has 3 rings (SSSR count). The van der Waals surface area contributed by atoms with Gasteiger partial charge in [0, 0.05) is 13.1 Å². The van der Waals surface area contributed by atoms with E-state index in [1.165, 1.54) is 12.1 Å². The number of sulfone groups is 1. The summed E-state index contributed by atoms with van der Waals surface area (Å²) in [5, 5.41) is 0. The molecule has 1 aliphatic heterocycles. The van der Waals surface area contributed by atoms with Crippen LogP contribution in [0.1, 0.15) is 25.8 Å². The van der Waals surface area contributed by atoms with Gasteiger partial charge in [0.05, 0.1) is 16.9 Å². The Morgan fingerprint density at radius 1 is 1.14 bits per heavy atom. The number of amides is 1. The molecular weight excluding hydrogens is 305 g/mol. The third-order valence-corrected chi connectivity index (χ3v) is 6.68. The second-order valence-corrected chi connectivity index (χ2v) is 9.22. The molecule has 2 fully saturated rings. The fourth-order valence-corrected chi connectivity index (χ4v) is 4.72. The second-order valence-electron chi connectivity index (χ2n) is 6.92. The van der Waals surface area contributed by atoms with Crippen molar-refractivity contribution in [3.8, 4) is 0 Å². The van der Waals surface area contributed by atoms with Crippen LogP contribution in [0.2, 0.25) is 0 Å². The summed E-state index contributed by atoms with van der Waals surface area (Å²) in [5.74, 6) is -0.301. The quantitative estimate of drug-likeness (QED) is 0.832. The highest BCUT2D eigenvalue weighted by Crippen LogP contribution is 2.65. The summed E-state index contributed by atoms with van der Waals surface area (Å²) in [4.78, 5) is 14.7. The monoisotopic (exact) mass is 325 g/mol. The molecule has 0 unspecified atom stereocenters. The van der Waals surface area contributed by atoms with Gasteiger partial charge in [-0.3, -0.25) is 4.79 Å². The average molecular weight is 325 g/mol. The van der Waals surface area contributed by atoms with E-state index in [-0.39, 0.29) is 41.7 Å². The molecule has 0 spiro atoms. The Morgan fingerprint density at radius 3 is 2.09 bits per heavy atom. The summed E-state index contributed by atoms with van der Waals surface area (Å²) in [6.45, 7) is 4.55. The predicted molar refractivity (Wildman–Crippen MR) is 81.7 cm³/mol. The molecule has 1 aliphatic carbocycles. The summed E-state index contributed by atoms with van der Waals surface area (Å²) < 4.78 is 36.2. The van der Waals surface area contributed by atoms with Gasteiger partial charge in [-0.2, -0.15) is 0 Å². The third-order valence-electron chi connectivity index (χ3n) is 5.07. The number of hydrogen-bond acceptors (Lipinski definition) is 3. The van der Waals surface area contributed by atoms with E-state index in [0.29, 0.717) is 6.42 Å². The first-order chi connectivity index (χ1) is 10.2. The molecule has 1 heterocycles. The van der Waals surface area contributed by atoms with E-state index in [1.54, 1.807) is 17.0 Å². The summed E-state index contributed by atoms with van der Waals surface area (Å²) in [5.41, 5.74) is -0.0302. The zero-order chi connectivity index (χ0) is 16.2. The van der Waals surface area contributed by atoms with Crippen molar-refractivity contribution in [2.24, 2.45) is 5.41 Å². The minimum Gasteiger partial charge on any atom is -0.340 e. The highest BCUT2D eigenvalue weighted by Gasteiger charge is 2.68. The van der Waals surface area contributed by atoms with Gasteiger partial charge in [-0.15, -0.1) is 0 Å². The molecule has 0 bridgehead atoms. The minimum atomic E-state index is -3.02. The molecule has 1 saturated heterocycles. The Balaban J connectivity index is 1.90. The van der Waals surface area contributed by atoms with Crippen LogP contribution in [-0.4, -0.2) is 43.8 Å². The van der Waals surface area contributed by atoms with E-state index in [9.17, 15) is 17.6 Å². The van der Waals surface area contributed by atoms with Gasteiger partial charge in [-0.25, -0.2) is 12.8 Å². The highest BCUT2D eigenvalue weighted by atomic mass is 32.2. The van der Waals surface area contributed by atoms with E-state index in [4.69, 9.17) is 0 Å². The Morgan fingerprint density at radius 2 is 1.64 bits per heavy atom. The van der Waals surface area contributed by atoms with Crippen molar-refractivity contribution in [3.63, 3.8) is 0 Å². The van der Waals surface area contributed by atoms with Crippen LogP contribution in [-0.2, 0) is 20.0 Å². The average Bonchev–Trinajstić information content (AvgIpc) is 3.03. The third kappa shape index (κ3) is 2.33. The summed E-state index contributed by atoms with van der Waals surface area (Å²) >= 11 is 0. The topological polar surface area (TPSA) is 54.5 Å². The number of rotatable bonds is 2. The van der Waals surface area contributed by atoms with E-state index in [0.717, 1.165) is 5.56 Å². The Labute approximate surface area is 130 Å². The Kier molecular flexibility index (Phi) is 3.36. The van der Waals surface area contributed by atoms with Crippen molar-refractivity contribution in [2.75, 3.05) is 24.6 Å². The van der Waals surface area contributed by atoms with Gasteiger partial charge in [0.2, 0.25) is 5.91 Å². The molecule has 2 aliphatic rings. The van der Waals surface area contributed by atoms with Gasteiger partial charge in [-0.05, 0) is 29.5 Å². The van der Waals surface area contributed by atoms with Crippen molar-refractivity contribution in [2.45, 2.75) is 25.7 Å². The normalized spacial score (nSPS) is 29.1. The van der Waals surface area contributed by atoms with Gasteiger partial charge in [0.25, 0.3) is 0 Å². The first-order valence-electron chi connectivity index (χ1n) is 7.44. The smallest absolute Gasteiger partial charge is 0.233 e. The van der Waals surface area contributed by atoms with Crippen LogP contribution in [0.4, 0.5) is 4.39 Å². The molecule has 1 amide bonds. The van der Waals surface area contributed by atoms with Crippen LogP contribution in [0.3, 0.4) is 0 Å². The molecule has 0 N–H and O–H groups in total. The fourth-order valence-electron chi connectivity index (χ4n) is 3.52. The lowest BCUT2D eigenvalue weighted by molar-refractivity contribution is -0.134. The van der Waals surface area contributed by atoms with Crippen molar-refractivity contribution in [1.82, 2.24) is 4.90 Å². The van der Waals surface area contributed by atoms with E-state index in [2.05, 4.69) is 0 Å². The molecule has 1 saturated carbocycles. The number of hydrogen-bond donors (Lipinski definition) is 0. The standard InChI is InChI=1S/C16H20FNO3S/c1-15(2)11-16(15,12-3-5-13(17)6-4-12)14(19)18-7-9-22(20,21)10-8-18/h3-6H,7-11H2,1-2H3/t16-/m0/s1. The molecule has 0 aromatic heterocycles. The van der Waals surface area contributed by atoms with Crippen LogP contribution < -0.4 is 0 Å². The van der Waals surface area contributed by atoms with Crippen LogP contribution in [0.15, 0.2) is 24.3 Å². The summed E-state index contributed by atoms with van der Waals surface area (Å²) in [6, 6.07) is 6.09. The molecular formula is C16H20FNO3S. The van der Waals surface area contributed by atoms with Crippen LogP contribution in [0.5, 0.6) is 0 Å². The number of nitrogens with zero attached hydrogens (tertiary/aromatic N) is 1. The first kappa shape index (κ1) is 15.5. The largest absolute Gasteiger partial charge is 0.340 e. The lowest BCUT2D eigenvalue weighted by Gasteiger charge is -2.32. The zero-order valence-corrected chi connectivity index (χ0v) is 13.6. The van der Waals surface area contributed by atoms with Gasteiger partial charge < -0.3 is 4.90 Å². The lowest BCUT2D eigenvalue weighted by Crippen LogP contribution is -2.49. The van der Waals surface area contributed by atoms with Gasteiger partial charge in [-0.1, -0.05) is 26.0 Å². The molecule has 4 nitrogen and oxygen atoms in total. The number of benzene rings is 1. The maximum absolute atomic E-state index is 13.2. The van der Waals surface area contributed by atoms with Crippen LogP contribution in [0, 0.1) is 11.2 Å². The minimum absolute atomic E-state index is 0.0265. The molecule has 1 aromatic rings. The van der Waals surface area contributed by atoms with Crippen LogP contribution >= 0.6 is 0 Å². The number of halogens is 1. The van der Waals surface area contributed by atoms with Crippen molar-refractivity contribution < 1.29 is 17.6 Å². The van der Waals surface area contributed by atoms with Gasteiger partial charge in [0.15, 0.2) is 9.84 Å². The van der Waals surface area contributed by atoms with Crippen LogP contribution in [0.25, 0.3) is 0 Å². The van der Waals surface area contributed by atoms with Crippen molar-refractivity contribution >= 4 is 15.7 Å². The number of carbonyl (C=O) groups excluding carboxylic acids is 1. The van der Waals surface area contributed by atoms with Crippen molar-refractivity contribution in [3.05, 3.63) is 35.6 Å². The Hall–Kier alpha value is -1.43. The second kappa shape index (κ2) is 4.78. The molecule has 1 aromatic carbocycles. The maximum atomic E-state index is 13.2. The molecule has 1 atom stereocenters. The van der Waals surface area contributed by atoms with Gasteiger partial charge in [0.1, 0.15) is 5.82 Å². The molecule has 0 radical (unpaired) electrons. The highest BCUT2D eigenvalue weighted by molar-refractivity contribution is 7.91. The SMILES string of the molecule is CC1(C)C[C@@]1(C(=O)N1CCS(=O)(=O)CC1)c1ccc(F)cc1. The Bertz CT molecular complexity index is 697. The lowest BCUT2D eigenvalue weighted by atomic mass is 9.86. The van der Waals surface area contributed by atoms with Gasteiger partial charge >= 0.3 is 0 Å². The first-order valence-corrected chi connectivity index (χ1v) is 9.26. The van der Waals surface area contributed by atoms with E-state index in [1.807, 2.05) is 13.8 Å². The molecule has 22 heavy (non-hydrogen) atoms. The summed E-state index contributed by atoms with van der Waals surface area (Å²) in [6.07, 6.45) is 0.702. The maximum Gasteiger partial charge on any atom is 0.233 e. The van der Waals surface area contributed by atoms with E-state index >= 15 is 0 Å². The fraction of sp³-hybridized carbons (Fsp3) is 0.562. The zero-order valence-electron chi connectivity index (χ0n) is 12.8. The molecule has 6 heteroatoms. The molecule has 120 valence electrons. The van der Waals surface area contributed by atoms with Crippen molar-refractivity contribution in [1.29, 1.82) is 0 Å². The van der Waals surface area contributed by atoms with E-state index < -0.39 is 15.3 Å². The summed E-state index contributed by atoms with van der Waals surface area (Å²) in [7, 11) is -3.02.